The van der Waals surface area contributed by atoms with Gasteiger partial charge >= 0.3 is 0 Å². The number of hydrogen-bond donors (Lipinski definition) is 0. The number of nitrogens with zero attached hydrogens (tertiary/aromatic N) is 3. The number of unbranched alkanes of at least 4 members (excludes halogenated alkanes) is 1. The maximum Gasteiger partial charge on any atom is 0.259 e. The van der Waals surface area contributed by atoms with E-state index in [9.17, 15) is 4.79 Å². The lowest BCUT2D eigenvalue weighted by Gasteiger charge is -2.26. The molecule has 0 spiro atoms. The van der Waals surface area contributed by atoms with Crippen LogP contribution >= 0.6 is 0 Å². The number of benzene rings is 2. The van der Waals surface area contributed by atoms with Gasteiger partial charge in [-0.3, -0.25) is 4.79 Å². The summed E-state index contributed by atoms with van der Waals surface area (Å²) in [5.41, 5.74) is 3.20. The molecule has 1 heterocycles. The second-order valence-corrected chi connectivity index (χ2v) is 6.92. The van der Waals surface area contributed by atoms with Gasteiger partial charge in [0.1, 0.15) is 6.04 Å². The first-order chi connectivity index (χ1) is 12.6. The van der Waals surface area contributed by atoms with E-state index in [0.717, 1.165) is 36.6 Å². The van der Waals surface area contributed by atoms with Gasteiger partial charge in [-0.1, -0.05) is 61.4 Å². The summed E-state index contributed by atoms with van der Waals surface area (Å²) in [4.78, 5) is 21.9. The summed E-state index contributed by atoms with van der Waals surface area (Å²) < 4.78 is 0. The van der Waals surface area contributed by atoms with Crippen LogP contribution in [0.2, 0.25) is 0 Å². The number of amides is 1. The predicted molar refractivity (Wildman–Crippen MR) is 108 cm³/mol. The van der Waals surface area contributed by atoms with Crippen LogP contribution in [0.4, 0.5) is 5.69 Å². The summed E-state index contributed by atoms with van der Waals surface area (Å²) in [7, 11) is 2.02. The van der Waals surface area contributed by atoms with Crippen LogP contribution in [-0.2, 0) is 11.2 Å². The topological polar surface area (TPSA) is 35.9 Å². The molecule has 1 aliphatic rings. The molecule has 0 fully saturated rings. The standard InChI is InChI=1S/C22H27N3O/c1-4-5-15-24(3)22-23-20(16-18-9-7-6-8-10-18)21(26)25(22)19-13-11-17(2)12-14-19/h6-14,20H,4-5,15-16H2,1-3H3. The predicted octanol–water partition coefficient (Wildman–Crippen LogP) is 4.04. The van der Waals surface area contributed by atoms with Crippen LogP contribution in [0, 0.1) is 6.92 Å². The molecule has 0 radical (unpaired) electrons. The molecule has 0 bridgehead atoms. The molecular weight excluding hydrogens is 322 g/mol. The van der Waals surface area contributed by atoms with E-state index >= 15 is 0 Å². The Balaban J connectivity index is 1.89. The van der Waals surface area contributed by atoms with E-state index in [-0.39, 0.29) is 11.9 Å². The van der Waals surface area contributed by atoms with Crippen molar-refractivity contribution < 1.29 is 4.79 Å². The molecule has 4 heteroatoms. The molecule has 1 amide bonds. The summed E-state index contributed by atoms with van der Waals surface area (Å²) in [6, 6.07) is 17.8. The summed E-state index contributed by atoms with van der Waals surface area (Å²) in [5, 5.41) is 0. The molecule has 1 atom stereocenters. The molecule has 1 aliphatic heterocycles. The minimum absolute atomic E-state index is 0.0519. The van der Waals surface area contributed by atoms with E-state index in [1.54, 1.807) is 4.90 Å². The highest BCUT2D eigenvalue weighted by Gasteiger charge is 2.37. The highest BCUT2D eigenvalue weighted by Crippen LogP contribution is 2.25. The molecule has 0 aromatic heterocycles. The van der Waals surface area contributed by atoms with Gasteiger partial charge in [-0.25, -0.2) is 9.89 Å². The number of anilines is 1. The molecule has 0 aliphatic carbocycles. The molecule has 0 saturated heterocycles. The number of hydrogen-bond acceptors (Lipinski definition) is 3. The Morgan fingerprint density at radius 2 is 1.77 bits per heavy atom. The van der Waals surface area contributed by atoms with Crippen LogP contribution in [0.15, 0.2) is 59.6 Å². The Labute approximate surface area is 156 Å². The highest BCUT2D eigenvalue weighted by atomic mass is 16.2. The molecule has 4 nitrogen and oxygen atoms in total. The number of carbonyl (C=O) groups excluding carboxylic acids is 1. The molecular formula is C22H27N3O. The van der Waals surface area contributed by atoms with Crippen molar-refractivity contribution in [1.82, 2.24) is 4.90 Å². The second-order valence-electron chi connectivity index (χ2n) is 6.92. The Morgan fingerprint density at radius 1 is 1.08 bits per heavy atom. The maximum atomic E-state index is 13.2. The van der Waals surface area contributed by atoms with Gasteiger partial charge in [0.05, 0.1) is 5.69 Å². The minimum atomic E-state index is -0.363. The Kier molecular flexibility index (Phi) is 5.71. The zero-order chi connectivity index (χ0) is 18.5. The van der Waals surface area contributed by atoms with Crippen molar-refractivity contribution in [3.05, 3.63) is 65.7 Å². The molecule has 2 aromatic carbocycles. The second kappa shape index (κ2) is 8.17. The van der Waals surface area contributed by atoms with Gasteiger partial charge in [-0.15, -0.1) is 0 Å². The molecule has 26 heavy (non-hydrogen) atoms. The average Bonchev–Trinajstić information content (AvgIpc) is 2.98. The van der Waals surface area contributed by atoms with Gasteiger partial charge in [-0.05, 0) is 31.0 Å². The van der Waals surface area contributed by atoms with Crippen molar-refractivity contribution in [3.63, 3.8) is 0 Å². The molecule has 0 saturated carbocycles. The molecule has 2 aromatic rings. The van der Waals surface area contributed by atoms with Gasteiger partial charge in [0.2, 0.25) is 5.96 Å². The third-order valence-electron chi connectivity index (χ3n) is 4.73. The summed E-state index contributed by atoms with van der Waals surface area (Å²) in [6.45, 7) is 5.12. The monoisotopic (exact) mass is 349 g/mol. The van der Waals surface area contributed by atoms with Gasteiger partial charge < -0.3 is 4.90 Å². The van der Waals surface area contributed by atoms with E-state index in [4.69, 9.17) is 4.99 Å². The largest absolute Gasteiger partial charge is 0.345 e. The van der Waals surface area contributed by atoms with Crippen LogP contribution in [-0.4, -0.2) is 36.4 Å². The van der Waals surface area contributed by atoms with Crippen molar-refractivity contribution >= 4 is 17.6 Å². The lowest BCUT2D eigenvalue weighted by molar-refractivity contribution is -0.118. The van der Waals surface area contributed by atoms with Gasteiger partial charge in [-0.2, -0.15) is 0 Å². The number of aryl methyl sites for hydroxylation is 1. The quantitative estimate of drug-likeness (QED) is 0.789. The Morgan fingerprint density at radius 3 is 2.42 bits per heavy atom. The zero-order valence-corrected chi connectivity index (χ0v) is 15.9. The van der Waals surface area contributed by atoms with Gasteiger partial charge in [0.15, 0.2) is 0 Å². The number of carbonyl (C=O) groups is 1. The summed E-state index contributed by atoms with van der Waals surface area (Å²) in [5.74, 6) is 0.810. The van der Waals surface area contributed by atoms with Crippen LogP contribution in [0.1, 0.15) is 30.9 Å². The first kappa shape index (κ1) is 18.2. The minimum Gasteiger partial charge on any atom is -0.345 e. The molecule has 136 valence electrons. The van der Waals surface area contributed by atoms with E-state index in [1.165, 1.54) is 5.56 Å². The molecule has 3 rings (SSSR count). The van der Waals surface area contributed by atoms with Crippen LogP contribution < -0.4 is 4.90 Å². The normalized spacial score (nSPS) is 16.7. The fourth-order valence-corrected chi connectivity index (χ4v) is 3.17. The first-order valence-corrected chi connectivity index (χ1v) is 9.33. The van der Waals surface area contributed by atoms with Crippen LogP contribution in [0.25, 0.3) is 0 Å². The first-order valence-electron chi connectivity index (χ1n) is 9.33. The van der Waals surface area contributed by atoms with Crippen molar-refractivity contribution in [2.24, 2.45) is 4.99 Å². The molecule has 0 N–H and O–H groups in total. The van der Waals surface area contributed by atoms with Crippen molar-refractivity contribution in [1.29, 1.82) is 0 Å². The van der Waals surface area contributed by atoms with Crippen LogP contribution in [0.5, 0.6) is 0 Å². The van der Waals surface area contributed by atoms with Crippen molar-refractivity contribution in [2.75, 3.05) is 18.5 Å². The fourth-order valence-electron chi connectivity index (χ4n) is 3.17. The van der Waals surface area contributed by atoms with Crippen LogP contribution in [0.3, 0.4) is 0 Å². The third-order valence-corrected chi connectivity index (χ3v) is 4.73. The van der Waals surface area contributed by atoms with Crippen molar-refractivity contribution in [2.45, 2.75) is 39.2 Å². The smallest absolute Gasteiger partial charge is 0.259 e. The van der Waals surface area contributed by atoms with E-state index < -0.39 is 0 Å². The third kappa shape index (κ3) is 3.96. The maximum absolute atomic E-state index is 13.2. The Hall–Kier alpha value is -2.62. The van der Waals surface area contributed by atoms with E-state index in [0.29, 0.717) is 6.42 Å². The SMILES string of the molecule is CCCCN(C)C1=NC(Cc2ccccc2)C(=O)N1c1ccc(C)cc1. The molecule has 1 unspecified atom stereocenters. The van der Waals surface area contributed by atoms with Gasteiger partial charge in [0.25, 0.3) is 5.91 Å². The van der Waals surface area contributed by atoms with E-state index in [2.05, 4.69) is 30.9 Å². The zero-order valence-electron chi connectivity index (χ0n) is 15.9. The lowest BCUT2D eigenvalue weighted by atomic mass is 10.1. The fraction of sp³-hybridized carbons (Fsp3) is 0.364. The summed E-state index contributed by atoms with van der Waals surface area (Å²) in [6.07, 6.45) is 2.82. The lowest BCUT2D eigenvalue weighted by Crippen LogP contribution is -2.43. The van der Waals surface area contributed by atoms with Gasteiger partial charge in [0, 0.05) is 20.0 Å². The highest BCUT2D eigenvalue weighted by molar-refractivity contribution is 6.21. The van der Waals surface area contributed by atoms with E-state index in [1.807, 2.05) is 49.5 Å². The number of rotatable bonds is 6. The van der Waals surface area contributed by atoms with Crippen molar-refractivity contribution in [3.8, 4) is 0 Å². The number of guanidine groups is 1. The Bertz CT molecular complexity index is 768. The summed E-state index contributed by atoms with van der Waals surface area (Å²) >= 11 is 0. The number of aliphatic imine (C=N–C) groups is 1. The average molecular weight is 349 g/mol.